The molecule has 11 rings (SSSR count). The summed E-state index contributed by atoms with van der Waals surface area (Å²) in [6.07, 6.45) is 6.86. The number of nitrogens with zero attached hydrogens (tertiary/aromatic N) is 3. The van der Waals surface area contributed by atoms with E-state index >= 15 is 0 Å². The zero-order chi connectivity index (χ0) is 29.2. The molecule has 0 amide bonds. The maximum atomic E-state index is 5.83. The molecule has 0 saturated heterocycles. The summed E-state index contributed by atoms with van der Waals surface area (Å²) in [6, 6.07) is 36.4. The third-order valence-electron chi connectivity index (χ3n) is 9.21. The van der Waals surface area contributed by atoms with Gasteiger partial charge in [0.05, 0.1) is 63.8 Å². The van der Waals surface area contributed by atoms with E-state index in [9.17, 15) is 0 Å². The highest BCUT2D eigenvalue weighted by atomic mass is 16.4. The van der Waals surface area contributed by atoms with Crippen molar-refractivity contribution in [3.05, 3.63) is 128 Å². The van der Waals surface area contributed by atoms with Crippen molar-refractivity contribution in [1.82, 2.24) is 13.7 Å². The number of fused-ring (bicyclic) bond motifs is 10. The second kappa shape index (κ2) is 8.18. The minimum atomic E-state index is 0.747. The summed E-state index contributed by atoms with van der Waals surface area (Å²) in [7, 11) is 0. The molecule has 7 heteroatoms. The van der Waals surface area contributed by atoms with E-state index < -0.39 is 0 Å². The number of rotatable bonds is 3. The summed E-state index contributed by atoms with van der Waals surface area (Å²) in [5, 5.41) is 4.71. The van der Waals surface area contributed by atoms with Crippen LogP contribution in [0, 0.1) is 0 Å². The molecule has 0 unspecified atom stereocenters. The van der Waals surface area contributed by atoms with Gasteiger partial charge >= 0.3 is 0 Å². The predicted octanol–water partition coefficient (Wildman–Crippen LogP) is 10.5. The molecule has 0 bridgehead atoms. The Morgan fingerprint density at radius 1 is 0.356 bits per heavy atom. The van der Waals surface area contributed by atoms with Crippen LogP contribution >= 0.6 is 0 Å². The Morgan fingerprint density at radius 2 is 0.822 bits per heavy atom. The van der Waals surface area contributed by atoms with Crippen molar-refractivity contribution < 1.29 is 17.7 Å². The van der Waals surface area contributed by atoms with Crippen LogP contribution in [0.5, 0.6) is 0 Å². The molecule has 0 radical (unpaired) electrons. The summed E-state index contributed by atoms with van der Waals surface area (Å²) < 4.78 is 30.1. The lowest BCUT2D eigenvalue weighted by Gasteiger charge is -2.13. The Kier molecular flexibility index (Phi) is 4.21. The number of hydrogen-bond donors (Lipinski definition) is 0. The van der Waals surface area contributed by atoms with Gasteiger partial charge in [-0.05, 0) is 35.7 Å². The smallest absolute Gasteiger partial charge is 0.195 e. The van der Waals surface area contributed by atoms with Crippen molar-refractivity contribution in [1.29, 1.82) is 0 Å². The van der Waals surface area contributed by atoms with Crippen molar-refractivity contribution in [2.24, 2.45) is 0 Å². The highest BCUT2D eigenvalue weighted by Gasteiger charge is 2.22. The van der Waals surface area contributed by atoms with Crippen LogP contribution in [0.25, 0.3) is 94.0 Å². The Bertz CT molecular complexity index is 2690. The lowest BCUT2D eigenvalue weighted by Crippen LogP contribution is -1.98. The molecule has 0 fully saturated rings. The SMILES string of the molecule is c1ccc2c(-n3c4cc(-n5c6ccoc6c6occc65)ccc4c4ccc(-n5c6ccoc6c6occc65)cc43)cccc2c1. The van der Waals surface area contributed by atoms with Crippen LogP contribution in [-0.4, -0.2) is 13.7 Å². The molecule has 0 atom stereocenters. The van der Waals surface area contributed by atoms with Gasteiger partial charge in [-0.15, -0.1) is 0 Å². The van der Waals surface area contributed by atoms with Gasteiger partial charge in [0.2, 0.25) is 0 Å². The quantitative estimate of drug-likeness (QED) is 0.208. The molecule has 0 aliphatic heterocycles. The van der Waals surface area contributed by atoms with Crippen LogP contribution in [0.1, 0.15) is 0 Å². The lowest BCUT2D eigenvalue weighted by molar-refractivity contribution is 0.583. The molecular formula is C38H21N3O4. The van der Waals surface area contributed by atoms with Gasteiger partial charge in [0.1, 0.15) is 0 Å². The average molecular weight is 584 g/mol. The topological polar surface area (TPSA) is 67.3 Å². The third kappa shape index (κ3) is 2.89. The fourth-order valence-electron chi connectivity index (χ4n) is 7.35. The first kappa shape index (κ1) is 23.2. The number of aromatic nitrogens is 3. The second-order valence-electron chi connectivity index (χ2n) is 11.4. The van der Waals surface area contributed by atoms with E-state index in [1.807, 2.05) is 24.3 Å². The van der Waals surface area contributed by atoms with Crippen molar-refractivity contribution >= 4 is 77.0 Å². The van der Waals surface area contributed by atoms with Crippen LogP contribution in [0.15, 0.2) is 146 Å². The van der Waals surface area contributed by atoms with Crippen molar-refractivity contribution in [3.8, 4) is 17.1 Å². The van der Waals surface area contributed by atoms with E-state index in [0.29, 0.717) is 0 Å². The Hall–Kier alpha value is -6.34. The summed E-state index contributed by atoms with van der Waals surface area (Å²) in [5.74, 6) is 0. The van der Waals surface area contributed by atoms with Crippen LogP contribution < -0.4 is 0 Å². The number of hydrogen-bond acceptors (Lipinski definition) is 4. The van der Waals surface area contributed by atoms with Gasteiger partial charge in [0.15, 0.2) is 22.3 Å². The molecule has 0 spiro atoms. The first-order valence-corrected chi connectivity index (χ1v) is 14.8. The summed E-state index contributed by atoms with van der Waals surface area (Å²) in [5.41, 5.74) is 12.3. The monoisotopic (exact) mass is 583 g/mol. The Balaban J connectivity index is 1.27. The molecule has 0 aliphatic carbocycles. The zero-order valence-corrected chi connectivity index (χ0v) is 23.6. The predicted molar refractivity (Wildman–Crippen MR) is 176 cm³/mol. The first-order chi connectivity index (χ1) is 22.3. The second-order valence-corrected chi connectivity index (χ2v) is 11.4. The van der Waals surface area contributed by atoms with E-state index in [2.05, 4.69) is 92.6 Å². The van der Waals surface area contributed by atoms with Gasteiger partial charge in [0.25, 0.3) is 0 Å². The maximum Gasteiger partial charge on any atom is 0.195 e. The van der Waals surface area contributed by atoms with E-state index in [1.165, 1.54) is 21.5 Å². The Morgan fingerprint density at radius 3 is 1.33 bits per heavy atom. The maximum absolute atomic E-state index is 5.83. The van der Waals surface area contributed by atoms with Crippen LogP contribution in [0.2, 0.25) is 0 Å². The Labute approximate surface area is 253 Å². The molecule has 0 N–H and O–H groups in total. The van der Waals surface area contributed by atoms with Gasteiger partial charge in [-0.1, -0.05) is 48.5 Å². The van der Waals surface area contributed by atoms with Gasteiger partial charge in [-0.25, -0.2) is 0 Å². The minimum Gasteiger partial charge on any atom is -0.459 e. The van der Waals surface area contributed by atoms with Crippen LogP contribution in [0.3, 0.4) is 0 Å². The van der Waals surface area contributed by atoms with Crippen molar-refractivity contribution in [2.45, 2.75) is 0 Å². The summed E-state index contributed by atoms with van der Waals surface area (Å²) in [4.78, 5) is 0. The molecule has 45 heavy (non-hydrogen) atoms. The van der Waals surface area contributed by atoms with Gasteiger partial charge in [0, 0.05) is 51.8 Å². The molecule has 7 nitrogen and oxygen atoms in total. The highest BCUT2D eigenvalue weighted by molar-refractivity contribution is 6.12. The lowest BCUT2D eigenvalue weighted by atomic mass is 10.1. The molecule has 11 aromatic rings. The summed E-state index contributed by atoms with van der Waals surface area (Å²) >= 11 is 0. The fourth-order valence-corrected chi connectivity index (χ4v) is 7.35. The van der Waals surface area contributed by atoms with Gasteiger partial charge in [-0.3, -0.25) is 0 Å². The molecule has 212 valence electrons. The third-order valence-corrected chi connectivity index (χ3v) is 9.21. The molecule has 0 aliphatic rings. The fraction of sp³-hybridized carbons (Fsp3) is 0. The van der Waals surface area contributed by atoms with Crippen LogP contribution in [0.4, 0.5) is 0 Å². The molecule has 0 saturated carbocycles. The van der Waals surface area contributed by atoms with Crippen molar-refractivity contribution in [2.75, 3.05) is 0 Å². The number of benzene rings is 4. The average Bonchev–Trinajstić information content (AvgIpc) is 3.91. The zero-order valence-electron chi connectivity index (χ0n) is 23.6. The molecule has 4 aromatic carbocycles. The van der Waals surface area contributed by atoms with E-state index in [-0.39, 0.29) is 0 Å². The highest BCUT2D eigenvalue weighted by Crippen LogP contribution is 2.40. The molecule has 7 aromatic heterocycles. The van der Waals surface area contributed by atoms with Gasteiger partial charge < -0.3 is 31.4 Å². The number of furan rings is 4. The van der Waals surface area contributed by atoms with Crippen LogP contribution in [-0.2, 0) is 0 Å². The van der Waals surface area contributed by atoms with Crippen molar-refractivity contribution in [3.63, 3.8) is 0 Å². The van der Waals surface area contributed by atoms with Gasteiger partial charge in [-0.2, -0.15) is 0 Å². The minimum absolute atomic E-state index is 0.747. The first-order valence-electron chi connectivity index (χ1n) is 14.8. The van der Waals surface area contributed by atoms with E-state index in [4.69, 9.17) is 17.7 Å². The largest absolute Gasteiger partial charge is 0.459 e. The van der Waals surface area contributed by atoms with E-state index in [1.54, 1.807) is 25.1 Å². The summed E-state index contributed by atoms with van der Waals surface area (Å²) in [6.45, 7) is 0. The normalized spacial score (nSPS) is 12.4. The standard InChI is InChI=1S/C38H21N3O4/c1-2-6-25-22(4-1)5-3-7-28(25)41-33-20-23(39-29-12-16-42-35(29)36-30(39)13-17-43-36)8-10-26(33)27-11-9-24(21-34(27)41)40-31-14-18-44-37(31)38-32(40)15-19-45-38/h1-21H. The van der Waals surface area contributed by atoms with E-state index in [0.717, 1.165) is 72.5 Å². The molecular weight excluding hydrogens is 562 g/mol. The molecule has 7 heterocycles.